The molecular formula is C20H16Cl2FNO4S. The number of methoxy groups -OCH3 is 1. The van der Waals surface area contributed by atoms with Crippen molar-refractivity contribution in [2.24, 2.45) is 0 Å². The molecule has 0 aliphatic carbocycles. The summed E-state index contributed by atoms with van der Waals surface area (Å²) in [6.45, 7) is 0.544. The minimum absolute atomic E-state index is 0.0922. The molecule has 1 fully saturated rings. The minimum Gasteiger partial charge on any atom is -0.486 e. The Kier molecular flexibility index (Phi) is 7.18. The van der Waals surface area contributed by atoms with E-state index in [0.29, 0.717) is 11.1 Å². The van der Waals surface area contributed by atoms with Crippen LogP contribution in [0.25, 0.3) is 6.08 Å². The highest BCUT2D eigenvalue weighted by molar-refractivity contribution is 8.18. The zero-order valence-electron chi connectivity index (χ0n) is 15.3. The van der Waals surface area contributed by atoms with Crippen molar-refractivity contribution in [1.82, 2.24) is 4.90 Å². The van der Waals surface area contributed by atoms with Crippen LogP contribution in [0.2, 0.25) is 10.0 Å². The maximum atomic E-state index is 13.3. The molecule has 5 nitrogen and oxygen atoms in total. The third-order valence-corrected chi connectivity index (χ3v) is 5.45. The van der Waals surface area contributed by atoms with Gasteiger partial charge in [0.2, 0.25) is 0 Å². The van der Waals surface area contributed by atoms with E-state index in [1.54, 1.807) is 30.3 Å². The van der Waals surface area contributed by atoms with Crippen molar-refractivity contribution < 1.29 is 23.5 Å². The molecule has 2 aromatic carbocycles. The Bertz CT molecular complexity index is 960. The Morgan fingerprint density at radius 2 is 1.90 bits per heavy atom. The summed E-state index contributed by atoms with van der Waals surface area (Å²) in [5.41, 5.74) is 1.18. The van der Waals surface area contributed by atoms with Gasteiger partial charge in [0.25, 0.3) is 11.1 Å². The lowest BCUT2D eigenvalue weighted by molar-refractivity contribution is -0.123. The van der Waals surface area contributed by atoms with Crippen LogP contribution in [-0.2, 0) is 16.1 Å². The van der Waals surface area contributed by atoms with Crippen LogP contribution in [0, 0.1) is 5.82 Å². The highest BCUT2D eigenvalue weighted by atomic mass is 35.5. The highest BCUT2D eigenvalue weighted by Crippen LogP contribution is 2.37. The molecule has 0 atom stereocenters. The van der Waals surface area contributed by atoms with Gasteiger partial charge in [-0.15, -0.1) is 0 Å². The molecule has 2 aromatic rings. The van der Waals surface area contributed by atoms with Crippen molar-refractivity contribution in [2.75, 3.05) is 20.3 Å². The van der Waals surface area contributed by atoms with E-state index in [0.717, 1.165) is 16.7 Å². The fourth-order valence-electron chi connectivity index (χ4n) is 2.61. The van der Waals surface area contributed by atoms with Crippen molar-refractivity contribution in [3.63, 3.8) is 0 Å². The molecule has 0 saturated carbocycles. The summed E-state index contributed by atoms with van der Waals surface area (Å²) < 4.78 is 23.8. The zero-order valence-corrected chi connectivity index (χ0v) is 17.6. The van der Waals surface area contributed by atoms with E-state index in [4.69, 9.17) is 32.7 Å². The van der Waals surface area contributed by atoms with Crippen LogP contribution in [0.15, 0.2) is 41.3 Å². The Labute approximate surface area is 181 Å². The standard InChI is InChI=1S/C20H16Cl2FNO4S/c1-27-6-5-24-19(25)17(29-20(24)26)10-13-8-15(21)18(16(22)9-13)28-11-12-3-2-4-14(23)7-12/h2-4,7-10H,5-6,11H2,1H3/b17-10+. The Morgan fingerprint density at radius 1 is 1.17 bits per heavy atom. The van der Waals surface area contributed by atoms with E-state index < -0.39 is 5.91 Å². The monoisotopic (exact) mass is 455 g/mol. The predicted octanol–water partition coefficient (Wildman–Crippen LogP) is 5.39. The van der Waals surface area contributed by atoms with Gasteiger partial charge in [-0.1, -0.05) is 35.3 Å². The van der Waals surface area contributed by atoms with Gasteiger partial charge in [0.1, 0.15) is 12.4 Å². The third-order valence-electron chi connectivity index (χ3n) is 3.98. The number of halogens is 3. The number of carbonyl (C=O) groups excluding carboxylic acids is 2. The number of imide groups is 1. The van der Waals surface area contributed by atoms with E-state index in [9.17, 15) is 14.0 Å². The number of thioether (sulfide) groups is 1. The lowest BCUT2D eigenvalue weighted by Gasteiger charge is -2.12. The second kappa shape index (κ2) is 9.63. The number of hydrogen-bond donors (Lipinski definition) is 0. The van der Waals surface area contributed by atoms with Gasteiger partial charge < -0.3 is 9.47 Å². The Hall–Kier alpha value is -2.06. The van der Waals surface area contributed by atoms with Crippen molar-refractivity contribution >= 4 is 52.2 Å². The van der Waals surface area contributed by atoms with Crippen molar-refractivity contribution in [3.8, 4) is 5.75 Å². The zero-order chi connectivity index (χ0) is 21.0. The van der Waals surface area contributed by atoms with E-state index in [1.165, 1.54) is 19.2 Å². The molecule has 29 heavy (non-hydrogen) atoms. The molecule has 152 valence electrons. The smallest absolute Gasteiger partial charge is 0.293 e. The van der Waals surface area contributed by atoms with E-state index >= 15 is 0 Å². The highest BCUT2D eigenvalue weighted by Gasteiger charge is 2.34. The molecule has 9 heteroatoms. The molecule has 1 aliphatic rings. The summed E-state index contributed by atoms with van der Waals surface area (Å²) >= 11 is 13.4. The van der Waals surface area contributed by atoms with E-state index in [-0.39, 0.29) is 51.5 Å². The molecule has 1 aliphatic heterocycles. The number of rotatable bonds is 7. The third kappa shape index (κ3) is 5.30. The molecule has 0 aromatic heterocycles. The quantitative estimate of drug-likeness (QED) is 0.523. The molecule has 0 bridgehead atoms. The first-order chi connectivity index (χ1) is 13.9. The van der Waals surface area contributed by atoms with E-state index in [2.05, 4.69) is 0 Å². The van der Waals surface area contributed by atoms with Crippen molar-refractivity contribution in [2.45, 2.75) is 6.61 Å². The first-order valence-electron chi connectivity index (χ1n) is 8.49. The number of amides is 2. The van der Waals surface area contributed by atoms with Gasteiger partial charge in [-0.05, 0) is 53.2 Å². The Balaban J connectivity index is 1.76. The van der Waals surface area contributed by atoms with Gasteiger partial charge in [-0.25, -0.2) is 4.39 Å². The number of ether oxygens (including phenoxy) is 2. The van der Waals surface area contributed by atoms with Crippen LogP contribution in [0.1, 0.15) is 11.1 Å². The number of carbonyl (C=O) groups is 2. The lowest BCUT2D eigenvalue weighted by atomic mass is 10.2. The summed E-state index contributed by atoms with van der Waals surface area (Å²) in [4.78, 5) is 25.8. The van der Waals surface area contributed by atoms with Gasteiger partial charge in [-0.2, -0.15) is 0 Å². The topological polar surface area (TPSA) is 55.8 Å². The van der Waals surface area contributed by atoms with E-state index in [1.807, 2.05) is 0 Å². The van der Waals surface area contributed by atoms with Crippen LogP contribution in [0.3, 0.4) is 0 Å². The normalized spacial score (nSPS) is 15.4. The van der Waals surface area contributed by atoms with Gasteiger partial charge in [0, 0.05) is 7.11 Å². The van der Waals surface area contributed by atoms with Crippen LogP contribution in [-0.4, -0.2) is 36.3 Å². The fourth-order valence-corrected chi connectivity index (χ4v) is 4.09. The first kappa shape index (κ1) is 21.6. The average Bonchev–Trinajstić information content (AvgIpc) is 2.92. The van der Waals surface area contributed by atoms with Crippen molar-refractivity contribution in [1.29, 1.82) is 0 Å². The van der Waals surface area contributed by atoms with Gasteiger partial charge in [-0.3, -0.25) is 14.5 Å². The van der Waals surface area contributed by atoms with Crippen LogP contribution in [0.4, 0.5) is 9.18 Å². The second-order valence-electron chi connectivity index (χ2n) is 6.06. The number of hydrogen-bond acceptors (Lipinski definition) is 5. The molecule has 2 amide bonds. The van der Waals surface area contributed by atoms with Gasteiger partial charge in [0.15, 0.2) is 5.75 Å². The Morgan fingerprint density at radius 3 is 2.55 bits per heavy atom. The second-order valence-corrected chi connectivity index (χ2v) is 7.87. The number of benzene rings is 2. The van der Waals surface area contributed by atoms with Crippen LogP contribution >= 0.6 is 35.0 Å². The molecule has 0 spiro atoms. The molecular weight excluding hydrogens is 440 g/mol. The summed E-state index contributed by atoms with van der Waals surface area (Å²) in [5, 5.41) is 0.114. The van der Waals surface area contributed by atoms with Crippen molar-refractivity contribution in [3.05, 3.63) is 68.3 Å². The molecule has 1 saturated heterocycles. The number of nitrogens with zero attached hydrogens (tertiary/aromatic N) is 1. The summed E-state index contributed by atoms with van der Waals surface area (Å²) in [5.74, 6) is -0.503. The van der Waals surface area contributed by atoms with Gasteiger partial charge >= 0.3 is 0 Å². The fraction of sp³-hybridized carbons (Fsp3) is 0.200. The molecule has 0 unspecified atom stereocenters. The first-order valence-corrected chi connectivity index (χ1v) is 10.1. The lowest BCUT2D eigenvalue weighted by Crippen LogP contribution is -2.31. The molecule has 0 N–H and O–H groups in total. The summed E-state index contributed by atoms with van der Waals surface area (Å²) in [6.07, 6.45) is 1.55. The maximum absolute atomic E-state index is 13.3. The molecule has 0 radical (unpaired) electrons. The minimum atomic E-state index is -0.393. The van der Waals surface area contributed by atoms with Crippen LogP contribution < -0.4 is 4.74 Å². The maximum Gasteiger partial charge on any atom is 0.293 e. The van der Waals surface area contributed by atoms with Crippen LogP contribution in [0.5, 0.6) is 5.75 Å². The van der Waals surface area contributed by atoms with Gasteiger partial charge in [0.05, 0.1) is 28.1 Å². The molecule has 3 rings (SSSR count). The molecule has 1 heterocycles. The SMILES string of the molecule is COCCN1C(=O)S/C(=C/c2cc(Cl)c(OCc3cccc(F)c3)c(Cl)c2)C1=O. The summed E-state index contributed by atoms with van der Waals surface area (Å²) in [7, 11) is 1.50. The predicted molar refractivity (Wildman–Crippen MR) is 112 cm³/mol. The summed E-state index contributed by atoms with van der Waals surface area (Å²) in [6, 6.07) is 9.17. The largest absolute Gasteiger partial charge is 0.486 e. The average molecular weight is 456 g/mol.